The van der Waals surface area contributed by atoms with Crippen LogP contribution in [0.4, 0.5) is 14.0 Å². The highest BCUT2D eigenvalue weighted by Crippen LogP contribution is 2.45. The number of hydrogen-bond acceptors (Lipinski definition) is 7. The second-order valence-electron chi connectivity index (χ2n) is 13.4. The van der Waals surface area contributed by atoms with Gasteiger partial charge in [0, 0.05) is 25.4 Å². The zero-order valence-electron chi connectivity index (χ0n) is 26.5. The SMILES string of the molecule is O=C(N[C@H]1CCCCC/C=C\[C@@H]2C[C@@]2(C(=O)O)NC(=O)[C@@H]2C[C@@H](OC(=O)N3CCc4c(F)cccc4C3)CN2C1=O)OC1CCCC1. The Morgan fingerprint density at radius 3 is 2.60 bits per heavy atom. The summed E-state index contributed by atoms with van der Waals surface area (Å²) in [6.07, 6.45) is 8.66. The van der Waals surface area contributed by atoms with Crippen LogP contribution in [0.2, 0.25) is 0 Å². The molecule has 6 rings (SSSR count). The number of amides is 4. The van der Waals surface area contributed by atoms with Gasteiger partial charge in [-0.05, 0) is 75.0 Å². The Morgan fingerprint density at radius 1 is 1.02 bits per heavy atom. The molecule has 3 aliphatic heterocycles. The average Bonchev–Trinajstić information content (AvgIpc) is 3.33. The fourth-order valence-corrected chi connectivity index (χ4v) is 7.42. The Balaban J connectivity index is 1.20. The fraction of sp³-hybridized carbons (Fsp3) is 0.618. The van der Waals surface area contributed by atoms with Gasteiger partial charge in [-0.1, -0.05) is 37.1 Å². The number of alkyl carbamates (subject to hydrolysis) is 1. The lowest BCUT2D eigenvalue weighted by Crippen LogP contribution is -2.56. The molecule has 3 fully saturated rings. The maximum Gasteiger partial charge on any atom is 0.410 e. The van der Waals surface area contributed by atoms with E-state index in [-0.39, 0.29) is 50.3 Å². The predicted molar refractivity (Wildman–Crippen MR) is 165 cm³/mol. The number of carbonyl (C=O) groups excluding carboxylic acids is 4. The summed E-state index contributed by atoms with van der Waals surface area (Å²) in [5.74, 6) is -3.01. The molecule has 0 radical (unpaired) electrons. The third kappa shape index (κ3) is 7.23. The molecule has 254 valence electrons. The number of fused-ring (bicyclic) bond motifs is 3. The Hall–Kier alpha value is -4.16. The Kier molecular flexibility index (Phi) is 9.70. The Bertz CT molecular complexity index is 1430. The van der Waals surface area contributed by atoms with Gasteiger partial charge in [-0.15, -0.1) is 0 Å². The molecular weight excluding hydrogens is 611 g/mol. The molecule has 3 heterocycles. The molecule has 1 saturated heterocycles. The molecule has 1 aromatic carbocycles. The highest BCUT2D eigenvalue weighted by Gasteiger charge is 2.61. The summed E-state index contributed by atoms with van der Waals surface area (Å²) in [5, 5.41) is 15.5. The normalized spacial score (nSPS) is 30.5. The van der Waals surface area contributed by atoms with Crippen LogP contribution in [0.25, 0.3) is 0 Å². The van der Waals surface area contributed by atoms with E-state index in [1.165, 1.54) is 15.9 Å². The predicted octanol–water partition coefficient (Wildman–Crippen LogP) is 3.81. The molecule has 2 saturated carbocycles. The minimum Gasteiger partial charge on any atom is -0.479 e. The maximum absolute atomic E-state index is 14.2. The number of hydrogen-bond donors (Lipinski definition) is 3. The molecule has 2 aliphatic carbocycles. The molecular formula is C34H43FN4O8. The summed E-state index contributed by atoms with van der Waals surface area (Å²) >= 11 is 0. The zero-order chi connectivity index (χ0) is 33.1. The lowest BCUT2D eigenvalue weighted by atomic mass is 9.99. The van der Waals surface area contributed by atoms with Crippen molar-refractivity contribution < 1.29 is 42.9 Å². The molecule has 1 aromatic rings. The molecule has 5 atom stereocenters. The van der Waals surface area contributed by atoms with Gasteiger partial charge in [0.25, 0.3) is 0 Å². The summed E-state index contributed by atoms with van der Waals surface area (Å²) in [6, 6.07) is 2.63. The van der Waals surface area contributed by atoms with Crippen molar-refractivity contribution in [2.45, 2.75) is 113 Å². The maximum atomic E-state index is 14.2. The second kappa shape index (κ2) is 13.9. The van der Waals surface area contributed by atoms with Gasteiger partial charge >= 0.3 is 18.2 Å². The average molecular weight is 655 g/mol. The lowest BCUT2D eigenvalue weighted by Gasteiger charge is -2.30. The van der Waals surface area contributed by atoms with Crippen molar-refractivity contribution in [1.29, 1.82) is 0 Å². The lowest BCUT2D eigenvalue weighted by molar-refractivity contribution is -0.145. The number of halogens is 1. The topological polar surface area (TPSA) is 155 Å². The minimum absolute atomic E-state index is 0.0438. The van der Waals surface area contributed by atoms with Crippen LogP contribution in [0.3, 0.4) is 0 Å². The number of allylic oxidation sites excluding steroid dienone is 1. The minimum atomic E-state index is -1.48. The molecule has 13 heteroatoms. The molecule has 5 aliphatic rings. The van der Waals surface area contributed by atoms with Crippen LogP contribution in [-0.2, 0) is 36.8 Å². The first-order valence-electron chi connectivity index (χ1n) is 16.9. The highest BCUT2D eigenvalue weighted by atomic mass is 19.1. The number of nitrogens with one attached hydrogen (secondary N) is 2. The monoisotopic (exact) mass is 654 g/mol. The van der Waals surface area contributed by atoms with Crippen LogP contribution in [0.1, 0.15) is 81.8 Å². The van der Waals surface area contributed by atoms with Crippen LogP contribution in [0.5, 0.6) is 0 Å². The van der Waals surface area contributed by atoms with E-state index in [2.05, 4.69) is 10.6 Å². The van der Waals surface area contributed by atoms with Gasteiger partial charge in [0.1, 0.15) is 35.6 Å². The van der Waals surface area contributed by atoms with Crippen molar-refractivity contribution in [2.75, 3.05) is 13.1 Å². The number of rotatable bonds is 4. The van der Waals surface area contributed by atoms with Gasteiger partial charge in [-0.3, -0.25) is 9.59 Å². The van der Waals surface area contributed by atoms with E-state index in [0.29, 0.717) is 30.4 Å². The number of nitrogens with zero attached hydrogens (tertiary/aromatic N) is 2. The first kappa shape index (κ1) is 32.8. The smallest absolute Gasteiger partial charge is 0.410 e. The number of benzene rings is 1. The summed E-state index contributed by atoms with van der Waals surface area (Å²) in [4.78, 5) is 69.2. The second-order valence-corrected chi connectivity index (χ2v) is 13.4. The number of aliphatic carboxylic acids is 1. The number of carboxylic acid groups (broad SMARTS) is 1. The van der Waals surface area contributed by atoms with Crippen molar-refractivity contribution in [3.63, 3.8) is 0 Å². The molecule has 47 heavy (non-hydrogen) atoms. The van der Waals surface area contributed by atoms with E-state index in [9.17, 15) is 33.5 Å². The van der Waals surface area contributed by atoms with Gasteiger partial charge in [0.2, 0.25) is 11.8 Å². The van der Waals surface area contributed by atoms with Gasteiger partial charge in [-0.2, -0.15) is 0 Å². The zero-order valence-corrected chi connectivity index (χ0v) is 26.5. The van der Waals surface area contributed by atoms with Crippen molar-refractivity contribution in [1.82, 2.24) is 20.4 Å². The van der Waals surface area contributed by atoms with Crippen LogP contribution >= 0.6 is 0 Å². The summed E-state index contributed by atoms with van der Waals surface area (Å²) in [6.45, 7) is 0.300. The highest BCUT2D eigenvalue weighted by molar-refractivity contribution is 5.96. The quantitative estimate of drug-likeness (QED) is 0.415. The van der Waals surface area contributed by atoms with E-state index in [1.54, 1.807) is 12.1 Å². The van der Waals surface area contributed by atoms with Crippen LogP contribution < -0.4 is 10.6 Å². The van der Waals surface area contributed by atoms with Crippen molar-refractivity contribution >= 4 is 30.0 Å². The van der Waals surface area contributed by atoms with Gasteiger partial charge in [0.15, 0.2) is 0 Å². The molecule has 12 nitrogen and oxygen atoms in total. The number of carboxylic acids is 1. The summed E-state index contributed by atoms with van der Waals surface area (Å²) < 4.78 is 25.7. The van der Waals surface area contributed by atoms with Crippen LogP contribution in [0.15, 0.2) is 30.4 Å². The molecule has 4 amide bonds. The summed E-state index contributed by atoms with van der Waals surface area (Å²) in [5.41, 5.74) is -0.223. The van der Waals surface area contributed by atoms with E-state index >= 15 is 0 Å². The number of ether oxygens (including phenoxy) is 2. The van der Waals surface area contributed by atoms with E-state index < -0.39 is 53.7 Å². The Labute approximate surface area is 273 Å². The molecule has 0 bridgehead atoms. The fourth-order valence-electron chi connectivity index (χ4n) is 7.42. The van der Waals surface area contributed by atoms with Crippen LogP contribution in [-0.4, -0.2) is 87.8 Å². The molecule has 0 unspecified atom stereocenters. The van der Waals surface area contributed by atoms with Crippen molar-refractivity contribution in [3.05, 3.63) is 47.3 Å². The summed E-state index contributed by atoms with van der Waals surface area (Å²) in [7, 11) is 0. The van der Waals surface area contributed by atoms with Gasteiger partial charge < -0.3 is 35.0 Å². The van der Waals surface area contributed by atoms with E-state index in [0.717, 1.165) is 44.9 Å². The third-order valence-corrected chi connectivity index (χ3v) is 10.2. The Morgan fingerprint density at radius 2 is 1.81 bits per heavy atom. The van der Waals surface area contributed by atoms with Gasteiger partial charge in [-0.25, -0.2) is 18.8 Å². The first-order chi connectivity index (χ1) is 22.6. The molecule has 0 spiro atoms. The third-order valence-electron chi connectivity index (χ3n) is 10.2. The molecule has 0 aromatic heterocycles. The van der Waals surface area contributed by atoms with E-state index in [1.807, 2.05) is 12.2 Å². The van der Waals surface area contributed by atoms with Gasteiger partial charge in [0.05, 0.1) is 6.54 Å². The van der Waals surface area contributed by atoms with E-state index in [4.69, 9.17) is 9.47 Å². The standard InChI is InChI=1S/C34H43FN4O8/c35-26-13-8-9-21-19-38(16-15-25(21)26)33(45)47-24-17-28-29(40)37-34(31(42)43)18-22(34)10-4-2-1-3-5-14-27(30(41)39(28)20-24)36-32(44)46-23-11-6-7-12-23/h4,8-10,13,22-24,27-28H,1-3,5-7,11-12,14-20H2,(H,36,44)(H,37,40)(H,42,43)/b10-4-/t22-,24-,27+,28+,34-/m1/s1. The number of carbonyl (C=O) groups is 5. The van der Waals surface area contributed by atoms with Crippen molar-refractivity contribution in [2.24, 2.45) is 5.92 Å². The van der Waals surface area contributed by atoms with Crippen molar-refractivity contribution in [3.8, 4) is 0 Å². The first-order valence-corrected chi connectivity index (χ1v) is 16.9. The largest absolute Gasteiger partial charge is 0.479 e. The van der Waals surface area contributed by atoms with Crippen LogP contribution in [0, 0.1) is 11.7 Å². The molecule has 3 N–H and O–H groups in total.